The highest BCUT2D eigenvalue weighted by Gasteiger charge is 2.42. The Morgan fingerprint density at radius 3 is 2.60 bits per heavy atom. The number of aromatic nitrogens is 2. The second-order valence-electron chi connectivity index (χ2n) is 7.44. The molecule has 30 heavy (non-hydrogen) atoms. The number of nitrogens with one attached hydrogen (secondary N) is 1. The number of hydrogen-bond acceptors (Lipinski definition) is 4. The normalized spacial score (nSPS) is 18.5. The molecule has 1 aliphatic heterocycles. The zero-order valence-electron chi connectivity index (χ0n) is 17.1. The molecule has 3 aromatic rings. The number of rotatable bonds is 5. The molecule has 0 bridgehead atoms. The average molecular weight is 421 g/mol. The van der Waals surface area contributed by atoms with Crippen LogP contribution in [0.5, 0.6) is 0 Å². The third-order valence-corrected chi connectivity index (χ3v) is 5.67. The van der Waals surface area contributed by atoms with Crippen molar-refractivity contribution in [3.05, 3.63) is 83.9 Å². The second-order valence-corrected chi connectivity index (χ2v) is 7.83. The molecule has 7 heteroatoms. The first-order valence-corrected chi connectivity index (χ1v) is 10.3. The van der Waals surface area contributed by atoms with Crippen molar-refractivity contribution < 1.29 is 9.53 Å². The first-order chi connectivity index (χ1) is 14.5. The Balaban J connectivity index is 1.86. The molecule has 3 heterocycles. The predicted molar refractivity (Wildman–Crippen MR) is 120 cm³/mol. The highest BCUT2D eigenvalue weighted by molar-refractivity contribution is 7.80. The lowest BCUT2D eigenvalue weighted by molar-refractivity contribution is 0.0600. The summed E-state index contributed by atoms with van der Waals surface area (Å²) in [5.41, 5.74) is 3.21. The summed E-state index contributed by atoms with van der Waals surface area (Å²) in [6.45, 7) is 4.24. The topological polar surface area (TPSA) is 59.4 Å². The van der Waals surface area contributed by atoms with Crippen LogP contribution in [-0.2, 0) is 4.74 Å². The maximum Gasteiger partial charge on any atom is 0.339 e. The number of carbonyl (C=O) groups is 1. The summed E-state index contributed by atoms with van der Waals surface area (Å²) in [5, 5.41) is 4.15. The van der Waals surface area contributed by atoms with Gasteiger partial charge in [0.25, 0.3) is 0 Å². The Bertz CT molecular complexity index is 1060. The molecule has 0 unspecified atom stereocenters. The van der Waals surface area contributed by atoms with E-state index in [1.807, 2.05) is 53.2 Å². The van der Waals surface area contributed by atoms with Crippen LogP contribution in [0, 0.1) is 0 Å². The third kappa shape index (κ3) is 3.45. The molecule has 1 fully saturated rings. The number of ether oxygens (including phenoxy) is 1. The molecule has 0 amide bonds. The molecule has 0 saturated carbocycles. The van der Waals surface area contributed by atoms with E-state index in [1.165, 1.54) is 7.11 Å². The van der Waals surface area contributed by atoms with Gasteiger partial charge in [-0.05, 0) is 62.5 Å². The number of carbonyl (C=O) groups excluding carboxylic acids is 1. The maximum absolute atomic E-state index is 12.4. The molecule has 1 aromatic carbocycles. The fourth-order valence-corrected chi connectivity index (χ4v) is 4.51. The first-order valence-electron chi connectivity index (χ1n) is 9.87. The smallest absolute Gasteiger partial charge is 0.339 e. The van der Waals surface area contributed by atoms with Gasteiger partial charge in [-0.25, -0.2) is 4.79 Å². The largest absolute Gasteiger partial charge is 0.465 e. The molecule has 2 atom stereocenters. The summed E-state index contributed by atoms with van der Waals surface area (Å²) in [4.78, 5) is 19.2. The van der Waals surface area contributed by atoms with Crippen molar-refractivity contribution in [1.82, 2.24) is 19.8 Å². The number of thiocarbonyl (C=S) groups is 1. The Morgan fingerprint density at radius 2 is 1.90 bits per heavy atom. The standard InChI is InChI=1S/C23H24N4O2S/c1-15(2)27-21(20(25-23(27)30)17-10-6-7-13-24-17)19-12-8-14-26(19)18-11-5-4-9-16(18)22(28)29-3/h4-15,20-21H,1-3H3,(H,25,30)/t20-,21-/m1/s1. The number of hydrogen-bond donors (Lipinski definition) is 1. The van der Waals surface area contributed by atoms with Gasteiger partial charge in [0.05, 0.1) is 36.1 Å². The minimum Gasteiger partial charge on any atom is -0.465 e. The summed E-state index contributed by atoms with van der Waals surface area (Å²) in [6.07, 6.45) is 3.76. The van der Waals surface area contributed by atoms with E-state index in [9.17, 15) is 4.79 Å². The maximum atomic E-state index is 12.4. The van der Waals surface area contributed by atoms with Gasteiger partial charge >= 0.3 is 5.97 Å². The summed E-state index contributed by atoms with van der Waals surface area (Å²) in [7, 11) is 1.40. The van der Waals surface area contributed by atoms with Gasteiger partial charge in [-0.3, -0.25) is 4.98 Å². The lowest BCUT2D eigenvalue weighted by atomic mass is 10.00. The molecular formula is C23H24N4O2S. The Labute approximate surface area is 181 Å². The summed E-state index contributed by atoms with van der Waals surface area (Å²) >= 11 is 5.69. The van der Waals surface area contributed by atoms with Crippen LogP contribution in [0.2, 0.25) is 0 Å². The van der Waals surface area contributed by atoms with Crippen LogP contribution >= 0.6 is 12.2 Å². The van der Waals surface area contributed by atoms with Crippen LogP contribution < -0.4 is 5.32 Å². The molecule has 154 valence electrons. The molecule has 6 nitrogen and oxygen atoms in total. The van der Waals surface area contributed by atoms with Crippen LogP contribution in [0.25, 0.3) is 5.69 Å². The summed E-state index contributed by atoms with van der Waals surface area (Å²) in [6, 6.07) is 17.4. The van der Waals surface area contributed by atoms with Crippen LogP contribution in [0.1, 0.15) is 47.7 Å². The number of nitrogens with zero attached hydrogens (tertiary/aromatic N) is 3. The lowest BCUT2D eigenvalue weighted by Gasteiger charge is -2.32. The minimum atomic E-state index is -0.368. The molecule has 1 saturated heterocycles. The monoisotopic (exact) mass is 420 g/mol. The fourth-order valence-electron chi connectivity index (χ4n) is 4.06. The molecule has 0 spiro atoms. The highest BCUT2D eigenvalue weighted by Crippen LogP contribution is 2.40. The SMILES string of the molecule is COC(=O)c1ccccc1-n1cccc1[C@@H]1[C@@H](c2ccccn2)NC(=S)N1C(C)C. The second kappa shape index (κ2) is 8.28. The van der Waals surface area contributed by atoms with E-state index < -0.39 is 0 Å². The molecule has 1 aliphatic rings. The van der Waals surface area contributed by atoms with E-state index in [2.05, 4.69) is 35.1 Å². The Hall–Kier alpha value is -3.19. The van der Waals surface area contributed by atoms with E-state index in [0.717, 1.165) is 17.1 Å². The van der Waals surface area contributed by atoms with Gasteiger partial charge < -0.3 is 19.5 Å². The van der Waals surface area contributed by atoms with E-state index in [1.54, 1.807) is 12.3 Å². The van der Waals surface area contributed by atoms with Crippen LogP contribution in [0.3, 0.4) is 0 Å². The number of pyridine rings is 1. The van der Waals surface area contributed by atoms with Crippen molar-refractivity contribution in [2.45, 2.75) is 32.0 Å². The van der Waals surface area contributed by atoms with Crippen molar-refractivity contribution in [3.63, 3.8) is 0 Å². The van der Waals surface area contributed by atoms with Gasteiger partial charge in [-0.1, -0.05) is 18.2 Å². The Morgan fingerprint density at radius 1 is 1.13 bits per heavy atom. The zero-order valence-corrected chi connectivity index (χ0v) is 18.0. The van der Waals surface area contributed by atoms with E-state index in [0.29, 0.717) is 10.7 Å². The van der Waals surface area contributed by atoms with Crippen LogP contribution in [-0.4, -0.2) is 38.7 Å². The van der Waals surface area contributed by atoms with Gasteiger partial charge in [-0.2, -0.15) is 0 Å². The van der Waals surface area contributed by atoms with Crippen molar-refractivity contribution >= 4 is 23.3 Å². The number of para-hydroxylation sites is 1. The lowest BCUT2D eigenvalue weighted by Crippen LogP contribution is -2.36. The Kier molecular flexibility index (Phi) is 5.55. The number of esters is 1. The summed E-state index contributed by atoms with van der Waals surface area (Å²) < 4.78 is 7.04. The number of benzene rings is 1. The van der Waals surface area contributed by atoms with E-state index >= 15 is 0 Å². The fraction of sp³-hybridized carbons (Fsp3) is 0.261. The molecule has 0 radical (unpaired) electrons. The van der Waals surface area contributed by atoms with Gasteiger partial charge in [0, 0.05) is 24.1 Å². The van der Waals surface area contributed by atoms with Crippen LogP contribution in [0.4, 0.5) is 0 Å². The van der Waals surface area contributed by atoms with Crippen molar-refractivity contribution in [1.29, 1.82) is 0 Å². The van der Waals surface area contributed by atoms with Gasteiger partial charge in [0.15, 0.2) is 5.11 Å². The molecule has 1 N–H and O–H groups in total. The zero-order chi connectivity index (χ0) is 21.3. The quantitative estimate of drug-likeness (QED) is 0.497. The minimum absolute atomic E-state index is 0.0897. The van der Waals surface area contributed by atoms with Crippen molar-refractivity contribution in [2.24, 2.45) is 0 Å². The third-order valence-electron chi connectivity index (χ3n) is 5.34. The van der Waals surface area contributed by atoms with E-state index in [-0.39, 0.29) is 24.1 Å². The molecule has 2 aromatic heterocycles. The van der Waals surface area contributed by atoms with Crippen molar-refractivity contribution in [3.8, 4) is 5.69 Å². The van der Waals surface area contributed by atoms with Gasteiger partial charge in [-0.15, -0.1) is 0 Å². The first kappa shape index (κ1) is 20.1. The summed E-state index contributed by atoms with van der Waals surface area (Å²) in [5.74, 6) is -0.368. The van der Waals surface area contributed by atoms with Crippen molar-refractivity contribution in [2.75, 3.05) is 7.11 Å². The molecular weight excluding hydrogens is 396 g/mol. The molecule has 4 rings (SSSR count). The predicted octanol–water partition coefficient (Wildman–Crippen LogP) is 4.04. The number of methoxy groups -OCH3 is 1. The van der Waals surface area contributed by atoms with Gasteiger partial charge in [0.1, 0.15) is 0 Å². The average Bonchev–Trinajstić information content (AvgIpc) is 3.37. The van der Waals surface area contributed by atoms with E-state index in [4.69, 9.17) is 17.0 Å². The van der Waals surface area contributed by atoms with Crippen LogP contribution in [0.15, 0.2) is 67.0 Å². The highest BCUT2D eigenvalue weighted by atomic mass is 32.1. The molecule has 0 aliphatic carbocycles. The van der Waals surface area contributed by atoms with Gasteiger partial charge in [0.2, 0.25) is 0 Å².